The van der Waals surface area contributed by atoms with Crippen molar-refractivity contribution in [2.75, 3.05) is 0 Å². The van der Waals surface area contributed by atoms with Gasteiger partial charge in [0.2, 0.25) is 0 Å². The van der Waals surface area contributed by atoms with Crippen molar-refractivity contribution < 1.29 is 4.42 Å². The largest absolute Gasteiger partial charge is 0.464 e. The summed E-state index contributed by atoms with van der Waals surface area (Å²) in [6, 6.07) is 11.1. The van der Waals surface area contributed by atoms with Crippen LogP contribution in [0.4, 0.5) is 0 Å². The number of rotatable bonds is 2. The van der Waals surface area contributed by atoms with Crippen molar-refractivity contribution in [2.24, 2.45) is 5.73 Å². The van der Waals surface area contributed by atoms with Crippen molar-refractivity contribution in [1.82, 2.24) is 0 Å². The fraction of sp³-hybridized carbons (Fsp3) is 0. The van der Waals surface area contributed by atoms with E-state index in [4.69, 9.17) is 15.6 Å². The quantitative estimate of drug-likeness (QED) is 0.558. The predicted molar refractivity (Wildman–Crippen MR) is 55.2 cm³/mol. The highest BCUT2D eigenvalue weighted by Crippen LogP contribution is 2.23. The zero-order chi connectivity index (χ0) is 9.97. The molecule has 2 rings (SSSR count). The number of nitrogen functional groups attached to an aromatic ring is 1. The van der Waals surface area contributed by atoms with Crippen LogP contribution in [0.25, 0.3) is 11.3 Å². The smallest absolute Gasteiger partial charge is 0.134 e. The van der Waals surface area contributed by atoms with Gasteiger partial charge in [-0.1, -0.05) is 24.3 Å². The van der Waals surface area contributed by atoms with E-state index in [0.717, 1.165) is 11.3 Å². The van der Waals surface area contributed by atoms with Crippen LogP contribution in [-0.4, -0.2) is 5.84 Å². The fourth-order valence-electron chi connectivity index (χ4n) is 1.36. The number of hydrogen-bond donors (Lipinski definition) is 2. The lowest BCUT2D eigenvalue weighted by Crippen LogP contribution is -2.12. The van der Waals surface area contributed by atoms with Crippen molar-refractivity contribution in [2.45, 2.75) is 0 Å². The first kappa shape index (κ1) is 8.56. The number of benzene rings is 1. The van der Waals surface area contributed by atoms with Gasteiger partial charge in [0.1, 0.15) is 11.6 Å². The lowest BCUT2D eigenvalue weighted by atomic mass is 10.0. The number of nitrogens with one attached hydrogen (secondary N) is 1. The first-order valence-electron chi connectivity index (χ1n) is 4.26. The van der Waals surface area contributed by atoms with Crippen molar-refractivity contribution in [3.8, 4) is 11.3 Å². The van der Waals surface area contributed by atoms with Crippen LogP contribution in [0.5, 0.6) is 0 Å². The molecule has 0 bridgehead atoms. The minimum absolute atomic E-state index is 0.0528. The minimum atomic E-state index is 0.0528. The summed E-state index contributed by atoms with van der Waals surface area (Å²) in [5, 5.41) is 7.41. The maximum absolute atomic E-state index is 7.41. The number of nitrogens with two attached hydrogens (primary N) is 1. The van der Waals surface area contributed by atoms with Crippen LogP contribution >= 0.6 is 0 Å². The summed E-state index contributed by atoms with van der Waals surface area (Å²) in [4.78, 5) is 0. The summed E-state index contributed by atoms with van der Waals surface area (Å²) in [5.74, 6) is 0.785. The Hall–Kier alpha value is -2.03. The fourth-order valence-corrected chi connectivity index (χ4v) is 1.36. The molecule has 3 nitrogen and oxygen atoms in total. The molecule has 70 valence electrons. The maximum Gasteiger partial charge on any atom is 0.134 e. The van der Waals surface area contributed by atoms with E-state index in [1.54, 1.807) is 12.3 Å². The molecule has 0 atom stereocenters. The third kappa shape index (κ3) is 1.40. The molecule has 0 unspecified atom stereocenters. The first-order chi connectivity index (χ1) is 6.79. The topological polar surface area (TPSA) is 63.0 Å². The average Bonchev–Trinajstić information content (AvgIpc) is 2.70. The van der Waals surface area contributed by atoms with Gasteiger partial charge < -0.3 is 10.2 Å². The normalized spacial score (nSPS) is 10.0. The van der Waals surface area contributed by atoms with Gasteiger partial charge in [-0.25, -0.2) is 0 Å². The molecule has 0 saturated heterocycles. The summed E-state index contributed by atoms with van der Waals surface area (Å²) in [5.41, 5.74) is 7.01. The number of hydrogen-bond acceptors (Lipinski definition) is 2. The Balaban J connectivity index is 2.58. The maximum atomic E-state index is 7.41. The molecule has 0 radical (unpaired) electrons. The standard InChI is InChI=1S/C11H10N2O/c12-11(13)9-5-2-1-4-8(9)10-6-3-7-14-10/h1-7H,(H3,12,13). The monoisotopic (exact) mass is 186 g/mol. The molecule has 1 aromatic carbocycles. The van der Waals surface area contributed by atoms with E-state index < -0.39 is 0 Å². The Morgan fingerprint density at radius 3 is 2.57 bits per heavy atom. The molecule has 1 heterocycles. The molecule has 0 aliphatic carbocycles. The van der Waals surface area contributed by atoms with E-state index >= 15 is 0 Å². The van der Waals surface area contributed by atoms with Crippen LogP contribution in [-0.2, 0) is 0 Å². The number of furan rings is 1. The molecule has 0 spiro atoms. The molecule has 3 heteroatoms. The molecular weight excluding hydrogens is 176 g/mol. The van der Waals surface area contributed by atoms with E-state index in [2.05, 4.69) is 0 Å². The van der Waals surface area contributed by atoms with Crippen LogP contribution in [0.3, 0.4) is 0 Å². The van der Waals surface area contributed by atoms with E-state index in [1.165, 1.54) is 0 Å². The van der Waals surface area contributed by atoms with Crippen molar-refractivity contribution >= 4 is 5.84 Å². The predicted octanol–water partition coefficient (Wildman–Crippen LogP) is 2.23. The summed E-state index contributed by atoms with van der Waals surface area (Å²) in [6.45, 7) is 0. The van der Waals surface area contributed by atoms with Gasteiger partial charge in [-0.05, 0) is 12.1 Å². The van der Waals surface area contributed by atoms with E-state index in [0.29, 0.717) is 5.56 Å². The summed E-state index contributed by atoms with van der Waals surface area (Å²) < 4.78 is 5.26. The summed E-state index contributed by atoms with van der Waals surface area (Å²) in [7, 11) is 0. The lowest BCUT2D eigenvalue weighted by Gasteiger charge is -2.04. The van der Waals surface area contributed by atoms with Gasteiger partial charge in [0.25, 0.3) is 0 Å². The van der Waals surface area contributed by atoms with Gasteiger partial charge in [-0.15, -0.1) is 0 Å². The van der Waals surface area contributed by atoms with Crippen LogP contribution in [0, 0.1) is 5.41 Å². The Morgan fingerprint density at radius 2 is 1.93 bits per heavy atom. The van der Waals surface area contributed by atoms with Crippen LogP contribution in [0.2, 0.25) is 0 Å². The summed E-state index contributed by atoms with van der Waals surface area (Å²) >= 11 is 0. The highest BCUT2D eigenvalue weighted by Gasteiger charge is 2.07. The van der Waals surface area contributed by atoms with Crippen molar-refractivity contribution in [3.63, 3.8) is 0 Å². The van der Waals surface area contributed by atoms with E-state index in [9.17, 15) is 0 Å². The van der Waals surface area contributed by atoms with Crippen molar-refractivity contribution in [3.05, 3.63) is 48.2 Å². The van der Waals surface area contributed by atoms with E-state index in [1.807, 2.05) is 30.3 Å². The third-order valence-corrected chi connectivity index (χ3v) is 2.00. The van der Waals surface area contributed by atoms with Crippen LogP contribution in [0.1, 0.15) is 5.56 Å². The van der Waals surface area contributed by atoms with Gasteiger partial charge in [-0.3, -0.25) is 5.41 Å². The van der Waals surface area contributed by atoms with E-state index in [-0.39, 0.29) is 5.84 Å². The minimum Gasteiger partial charge on any atom is -0.464 e. The van der Waals surface area contributed by atoms with Gasteiger partial charge in [-0.2, -0.15) is 0 Å². The van der Waals surface area contributed by atoms with Gasteiger partial charge in [0.05, 0.1) is 6.26 Å². The van der Waals surface area contributed by atoms with Crippen LogP contribution in [0.15, 0.2) is 47.1 Å². The molecular formula is C11H10N2O. The third-order valence-electron chi connectivity index (χ3n) is 2.00. The molecule has 0 fully saturated rings. The first-order valence-corrected chi connectivity index (χ1v) is 4.26. The Labute approximate surface area is 81.7 Å². The molecule has 0 amide bonds. The van der Waals surface area contributed by atoms with Crippen molar-refractivity contribution in [1.29, 1.82) is 5.41 Å². The highest BCUT2D eigenvalue weighted by atomic mass is 16.3. The Kier molecular flexibility index (Phi) is 2.07. The molecule has 1 aromatic heterocycles. The second-order valence-electron chi connectivity index (χ2n) is 2.94. The molecule has 0 saturated carbocycles. The Bertz CT molecular complexity index is 446. The molecule has 0 aliphatic heterocycles. The van der Waals surface area contributed by atoms with Crippen LogP contribution < -0.4 is 5.73 Å². The van der Waals surface area contributed by atoms with Gasteiger partial charge >= 0.3 is 0 Å². The zero-order valence-corrected chi connectivity index (χ0v) is 7.53. The van der Waals surface area contributed by atoms with Gasteiger partial charge in [0, 0.05) is 11.1 Å². The van der Waals surface area contributed by atoms with Gasteiger partial charge in [0.15, 0.2) is 0 Å². The molecule has 0 aliphatic rings. The summed E-state index contributed by atoms with van der Waals surface area (Å²) in [6.07, 6.45) is 1.60. The highest BCUT2D eigenvalue weighted by molar-refractivity contribution is 6.00. The molecule has 2 aromatic rings. The second kappa shape index (κ2) is 3.38. The second-order valence-corrected chi connectivity index (χ2v) is 2.94. The number of amidine groups is 1. The Morgan fingerprint density at radius 1 is 1.14 bits per heavy atom. The lowest BCUT2D eigenvalue weighted by molar-refractivity contribution is 0.582. The zero-order valence-electron chi connectivity index (χ0n) is 7.53. The molecule has 14 heavy (non-hydrogen) atoms. The average molecular weight is 186 g/mol. The molecule has 3 N–H and O–H groups in total. The SMILES string of the molecule is N=C(N)c1ccccc1-c1ccco1.